The number of halogens is 3. The Hall–Kier alpha value is -2.81. The Bertz CT molecular complexity index is 1100. The van der Waals surface area contributed by atoms with Crippen LogP contribution < -0.4 is 5.56 Å². The second kappa shape index (κ2) is 7.55. The molecule has 1 unspecified atom stereocenters. The van der Waals surface area contributed by atoms with Crippen molar-refractivity contribution in [1.82, 2.24) is 24.4 Å². The Morgan fingerprint density at radius 1 is 1.17 bits per heavy atom. The number of nitrogens with zero attached hydrogens (tertiary/aromatic N) is 5. The minimum absolute atomic E-state index is 0.157. The van der Waals surface area contributed by atoms with E-state index in [0.29, 0.717) is 25.0 Å². The van der Waals surface area contributed by atoms with E-state index in [1.807, 2.05) is 11.8 Å². The predicted molar refractivity (Wildman–Crippen MR) is 101 cm³/mol. The lowest BCUT2D eigenvalue weighted by atomic mass is 10.1. The van der Waals surface area contributed by atoms with Crippen molar-refractivity contribution in [2.45, 2.75) is 45.1 Å². The van der Waals surface area contributed by atoms with Crippen LogP contribution in [0.1, 0.15) is 36.1 Å². The Labute approximate surface area is 165 Å². The van der Waals surface area contributed by atoms with E-state index >= 15 is 0 Å². The second-order valence-corrected chi connectivity index (χ2v) is 7.21. The Balaban J connectivity index is 1.79. The summed E-state index contributed by atoms with van der Waals surface area (Å²) >= 11 is 0. The number of fused-ring (bicyclic) bond motifs is 1. The highest BCUT2D eigenvalue weighted by atomic mass is 19.4. The van der Waals surface area contributed by atoms with Gasteiger partial charge in [-0.1, -0.05) is 12.1 Å². The predicted octanol–water partition coefficient (Wildman–Crippen LogP) is 3.39. The van der Waals surface area contributed by atoms with E-state index in [-0.39, 0.29) is 11.2 Å². The SMILES string of the molecule is Cc1nccnc1CN1CCCC1c1nc2ccccc2c(=O)n1CC(F)(F)F. The summed E-state index contributed by atoms with van der Waals surface area (Å²) in [7, 11) is 0. The fourth-order valence-corrected chi connectivity index (χ4v) is 3.86. The third kappa shape index (κ3) is 4.00. The molecule has 1 saturated heterocycles. The van der Waals surface area contributed by atoms with Crippen LogP contribution in [0.2, 0.25) is 0 Å². The zero-order valence-corrected chi connectivity index (χ0v) is 15.9. The average Bonchev–Trinajstić information content (AvgIpc) is 3.13. The number of aryl methyl sites for hydroxylation is 1. The Kier molecular flexibility index (Phi) is 5.08. The fraction of sp³-hybridized carbons (Fsp3) is 0.400. The van der Waals surface area contributed by atoms with Gasteiger partial charge in [-0.3, -0.25) is 24.2 Å². The van der Waals surface area contributed by atoms with Gasteiger partial charge in [0.2, 0.25) is 0 Å². The van der Waals surface area contributed by atoms with E-state index < -0.39 is 24.3 Å². The molecule has 0 N–H and O–H groups in total. The first kappa shape index (κ1) is 19.5. The van der Waals surface area contributed by atoms with E-state index in [9.17, 15) is 18.0 Å². The molecule has 6 nitrogen and oxygen atoms in total. The average molecular weight is 403 g/mol. The van der Waals surface area contributed by atoms with Crippen LogP contribution in [-0.4, -0.2) is 37.1 Å². The molecule has 1 aliphatic rings. The standard InChI is InChI=1S/C20H20F3N5O/c1-13-16(25-9-8-24-13)11-27-10-4-7-17(27)18-26-15-6-3-2-5-14(15)19(29)28(18)12-20(21,22)23/h2-3,5-6,8-9,17H,4,7,10-12H2,1H3. The van der Waals surface area contributed by atoms with E-state index in [1.54, 1.807) is 30.6 Å². The summed E-state index contributed by atoms with van der Waals surface area (Å²) in [6.45, 7) is 1.63. The topological polar surface area (TPSA) is 63.9 Å². The normalized spacial score (nSPS) is 17.9. The van der Waals surface area contributed by atoms with Gasteiger partial charge in [0.05, 0.1) is 28.3 Å². The molecule has 2 aromatic heterocycles. The molecule has 1 atom stereocenters. The van der Waals surface area contributed by atoms with Crippen LogP contribution in [0.15, 0.2) is 41.5 Å². The van der Waals surface area contributed by atoms with Gasteiger partial charge in [0.15, 0.2) is 0 Å². The maximum absolute atomic E-state index is 13.3. The minimum atomic E-state index is -4.52. The van der Waals surface area contributed by atoms with Crippen molar-refractivity contribution >= 4 is 10.9 Å². The van der Waals surface area contributed by atoms with Crippen molar-refractivity contribution in [3.8, 4) is 0 Å². The molecular weight excluding hydrogens is 383 g/mol. The lowest BCUT2D eigenvalue weighted by molar-refractivity contribution is -0.142. The maximum Gasteiger partial charge on any atom is 0.406 e. The first-order valence-corrected chi connectivity index (χ1v) is 9.40. The molecule has 0 radical (unpaired) electrons. The quantitative estimate of drug-likeness (QED) is 0.668. The number of para-hydroxylation sites is 1. The number of rotatable bonds is 4. The lowest BCUT2D eigenvalue weighted by Crippen LogP contribution is -2.35. The summed E-state index contributed by atoms with van der Waals surface area (Å²) in [6.07, 6.45) is 0.113. The number of hydrogen-bond acceptors (Lipinski definition) is 5. The van der Waals surface area contributed by atoms with Gasteiger partial charge < -0.3 is 0 Å². The molecule has 0 bridgehead atoms. The molecular formula is C20H20F3N5O. The number of benzene rings is 1. The molecule has 152 valence electrons. The third-order valence-corrected chi connectivity index (χ3v) is 5.23. The number of alkyl halides is 3. The van der Waals surface area contributed by atoms with Gasteiger partial charge >= 0.3 is 6.18 Å². The summed E-state index contributed by atoms with van der Waals surface area (Å²) in [5.41, 5.74) is 1.29. The van der Waals surface area contributed by atoms with Gasteiger partial charge in [0.1, 0.15) is 12.4 Å². The fourth-order valence-electron chi connectivity index (χ4n) is 3.86. The highest BCUT2D eigenvalue weighted by Crippen LogP contribution is 2.33. The molecule has 1 aromatic carbocycles. The number of hydrogen-bond donors (Lipinski definition) is 0. The van der Waals surface area contributed by atoms with Crippen LogP contribution >= 0.6 is 0 Å². The summed E-state index contributed by atoms with van der Waals surface area (Å²) in [4.78, 5) is 28.0. The van der Waals surface area contributed by atoms with Crippen molar-refractivity contribution in [2.24, 2.45) is 0 Å². The molecule has 1 fully saturated rings. The van der Waals surface area contributed by atoms with Crippen molar-refractivity contribution in [3.63, 3.8) is 0 Å². The number of likely N-dealkylation sites (tertiary alicyclic amines) is 1. The van der Waals surface area contributed by atoms with E-state index in [0.717, 1.165) is 22.4 Å². The Morgan fingerprint density at radius 3 is 2.69 bits per heavy atom. The molecule has 3 aromatic rings. The van der Waals surface area contributed by atoms with Crippen LogP contribution in [0.25, 0.3) is 10.9 Å². The first-order valence-electron chi connectivity index (χ1n) is 9.40. The van der Waals surface area contributed by atoms with Crippen molar-refractivity contribution < 1.29 is 13.2 Å². The maximum atomic E-state index is 13.3. The van der Waals surface area contributed by atoms with Gasteiger partial charge in [-0.25, -0.2) is 4.98 Å². The van der Waals surface area contributed by atoms with Gasteiger partial charge in [-0.05, 0) is 38.4 Å². The second-order valence-electron chi connectivity index (χ2n) is 7.21. The minimum Gasteiger partial charge on any atom is -0.287 e. The molecule has 0 saturated carbocycles. The molecule has 4 rings (SSSR count). The van der Waals surface area contributed by atoms with Gasteiger partial charge in [-0.2, -0.15) is 13.2 Å². The molecule has 0 aliphatic carbocycles. The zero-order valence-electron chi connectivity index (χ0n) is 15.9. The summed E-state index contributed by atoms with van der Waals surface area (Å²) in [6, 6.07) is 6.13. The first-order chi connectivity index (χ1) is 13.8. The largest absolute Gasteiger partial charge is 0.406 e. The van der Waals surface area contributed by atoms with Crippen molar-refractivity contribution in [1.29, 1.82) is 0 Å². The van der Waals surface area contributed by atoms with E-state index in [4.69, 9.17) is 0 Å². The van der Waals surface area contributed by atoms with Crippen LogP contribution in [0.5, 0.6) is 0 Å². The van der Waals surface area contributed by atoms with E-state index in [1.165, 1.54) is 6.07 Å². The van der Waals surface area contributed by atoms with Crippen LogP contribution in [0.4, 0.5) is 13.2 Å². The van der Waals surface area contributed by atoms with Gasteiger partial charge in [-0.15, -0.1) is 0 Å². The smallest absolute Gasteiger partial charge is 0.287 e. The highest BCUT2D eigenvalue weighted by Gasteiger charge is 2.35. The molecule has 0 amide bonds. The Morgan fingerprint density at radius 2 is 1.93 bits per heavy atom. The van der Waals surface area contributed by atoms with E-state index in [2.05, 4.69) is 15.0 Å². The van der Waals surface area contributed by atoms with Crippen LogP contribution in [-0.2, 0) is 13.1 Å². The molecule has 1 aliphatic heterocycles. The van der Waals surface area contributed by atoms with Gasteiger partial charge in [0.25, 0.3) is 5.56 Å². The zero-order chi connectivity index (χ0) is 20.6. The molecule has 29 heavy (non-hydrogen) atoms. The van der Waals surface area contributed by atoms with Crippen LogP contribution in [0.3, 0.4) is 0 Å². The molecule has 0 spiro atoms. The third-order valence-electron chi connectivity index (χ3n) is 5.23. The molecule has 3 heterocycles. The summed E-state index contributed by atoms with van der Waals surface area (Å²) < 4.78 is 40.6. The number of aromatic nitrogens is 4. The molecule has 9 heteroatoms. The highest BCUT2D eigenvalue weighted by molar-refractivity contribution is 5.77. The monoisotopic (exact) mass is 403 g/mol. The lowest BCUT2D eigenvalue weighted by Gasteiger charge is -2.27. The summed E-state index contributed by atoms with van der Waals surface area (Å²) in [5.74, 6) is 0.157. The van der Waals surface area contributed by atoms with Crippen molar-refractivity contribution in [2.75, 3.05) is 6.54 Å². The summed E-state index contributed by atoms with van der Waals surface area (Å²) in [5, 5.41) is 0.190. The van der Waals surface area contributed by atoms with Crippen molar-refractivity contribution in [3.05, 3.63) is 64.2 Å². The van der Waals surface area contributed by atoms with Crippen LogP contribution in [0, 0.1) is 6.92 Å². The van der Waals surface area contributed by atoms with Gasteiger partial charge in [0, 0.05) is 18.9 Å².